The van der Waals surface area contributed by atoms with Crippen molar-refractivity contribution in [2.45, 2.75) is 19.4 Å². The molecule has 1 heterocycles. The molecule has 0 aliphatic rings. The molecule has 0 spiro atoms. The summed E-state index contributed by atoms with van der Waals surface area (Å²) in [6.45, 7) is 2.01. The number of carbonyl (C=O) groups is 1. The number of aromatic nitrogens is 1. The molecule has 0 fully saturated rings. The lowest BCUT2D eigenvalue weighted by Crippen LogP contribution is -2.36. The maximum atomic E-state index is 11.7. The van der Waals surface area contributed by atoms with Crippen molar-refractivity contribution < 1.29 is 9.90 Å². The van der Waals surface area contributed by atoms with Gasteiger partial charge in [0.15, 0.2) is 0 Å². The van der Waals surface area contributed by atoms with E-state index in [1.807, 2.05) is 13.2 Å². The van der Waals surface area contributed by atoms with E-state index in [1.54, 1.807) is 35.4 Å². The minimum Gasteiger partial charge on any atom is -0.396 e. The molecule has 0 saturated heterocycles. The molecule has 0 saturated carbocycles. The third-order valence-electron chi connectivity index (χ3n) is 2.23. The molecule has 0 aliphatic carbocycles. The van der Waals surface area contributed by atoms with Crippen molar-refractivity contribution in [3.63, 3.8) is 0 Å². The van der Waals surface area contributed by atoms with E-state index < -0.39 is 0 Å². The molecule has 1 aromatic heterocycles. The fraction of sp³-hybridized carbons (Fsp3) is 0.500. The van der Waals surface area contributed by atoms with Gasteiger partial charge in [0.2, 0.25) is 5.91 Å². The van der Waals surface area contributed by atoms with Crippen molar-refractivity contribution in [1.82, 2.24) is 10.3 Å². The first-order valence-electron chi connectivity index (χ1n) is 5.66. The first kappa shape index (κ1) is 15.2. The Hall–Kier alpha value is -0.850. The van der Waals surface area contributed by atoms with E-state index >= 15 is 0 Å². The number of aliphatic hydroxyl groups excluding tert-OH is 1. The molecule has 0 radical (unpaired) electrons. The number of amides is 1. The molecule has 2 N–H and O–H groups in total. The van der Waals surface area contributed by atoms with Gasteiger partial charge in [-0.3, -0.25) is 4.79 Å². The Balaban J connectivity index is 2.46. The number of nitrogens with one attached hydrogen (secondary N) is 1. The molecule has 1 unspecified atom stereocenters. The molecule has 0 bridgehead atoms. The molecule has 1 amide bonds. The molecule has 1 atom stereocenters. The Kier molecular flexibility index (Phi) is 7.00. The quantitative estimate of drug-likeness (QED) is 0.749. The fourth-order valence-corrected chi connectivity index (χ4v) is 2.76. The van der Waals surface area contributed by atoms with Gasteiger partial charge >= 0.3 is 0 Å². The number of aliphatic hydroxyl groups is 1. The lowest BCUT2D eigenvalue weighted by molar-refractivity contribution is -0.117. The standard InChI is InChI=1S/C12H18N2O2S2/c1-9-13-7-11(18-9)3-4-12(16)14-10(5-6-15)8-17-2/h3-4,7,10,15H,5-6,8H2,1-2H3,(H,14,16)/b4-3+. The third kappa shape index (κ3) is 5.66. The van der Waals surface area contributed by atoms with Gasteiger partial charge in [-0.1, -0.05) is 0 Å². The van der Waals surface area contributed by atoms with Gasteiger partial charge in [0.1, 0.15) is 0 Å². The van der Waals surface area contributed by atoms with E-state index in [0.29, 0.717) is 6.42 Å². The van der Waals surface area contributed by atoms with Crippen LogP contribution in [0.1, 0.15) is 16.3 Å². The van der Waals surface area contributed by atoms with E-state index in [9.17, 15) is 4.79 Å². The number of hydrogen-bond acceptors (Lipinski definition) is 5. The van der Waals surface area contributed by atoms with Crippen molar-refractivity contribution in [1.29, 1.82) is 0 Å². The molecule has 4 nitrogen and oxygen atoms in total. The summed E-state index contributed by atoms with van der Waals surface area (Å²) in [7, 11) is 0. The van der Waals surface area contributed by atoms with Crippen molar-refractivity contribution in [2.75, 3.05) is 18.6 Å². The summed E-state index contributed by atoms with van der Waals surface area (Å²) in [5.41, 5.74) is 0. The van der Waals surface area contributed by atoms with E-state index in [-0.39, 0.29) is 18.6 Å². The number of hydrogen-bond donors (Lipinski definition) is 2. The number of nitrogens with zero attached hydrogens (tertiary/aromatic N) is 1. The highest BCUT2D eigenvalue weighted by Crippen LogP contribution is 2.12. The molecule has 0 aromatic carbocycles. The highest BCUT2D eigenvalue weighted by atomic mass is 32.2. The van der Waals surface area contributed by atoms with Gasteiger partial charge in [-0.2, -0.15) is 11.8 Å². The van der Waals surface area contributed by atoms with Crippen LogP contribution in [0.5, 0.6) is 0 Å². The van der Waals surface area contributed by atoms with Gasteiger partial charge in [0.25, 0.3) is 0 Å². The van der Waals surface area contributed by atoms with E-state index in [2.05, 4.69) is 10.3 Å². The first-order valence-corrected chi connectivity index (χ1v) is 7.87. The summed E-state index contributed by atoms with van der Waals surface area (Å²) in [4.78, 5) is 16.8. The maximum absolute atomic E-state index is 11.7. The molecule has 0 aliphatic heterocycles. The largest absolute Gasteiger partial charge is 0.396 e. The minimum absolute atomic E-state index is 0.0188. The monoisotopic (exact) mass is 286 g/mol. The summed E-state index contributed by atoms with van der Waals surface area (Å²) in [5, 5.41) is 12.8. The number of thioether (sulfide) groups is 1. The Morgan fingerprint density at radius 2 is 2.50 bits per heavy atom. The van der Waals surface area contributed by atoms with Crippen LogP contribution in [0.25, 0.3) is 6.08 Å². The number of thiazole rings is 1. The number of carbonyl (C=O) groups excluding carboxylic acids is 1. The first-order chi connectivity index (χ1) is 8.65. The van der Waals surface area contributed by atoms with Gasteiger partial charge in [0.05, 0.1) is 5.01 Å². The lowest BCUT2D eigenvalue weighted by Gasteiger charge is -2.15. The highest BCUT2D eigenvalue weighted by Gasteiger charge is 2.09. The van der Waals surface area contributed by atoms with Crippen LogP contribution in [0.3, 0.4) is 0 Å². The van der Waals surface area contributed by atoms with Crippen molar-refractivity contribution in [3.8, 4) is 0 Å². The van der Waals surface area contributed by atoms with Crippen LogP contribution in [0.2, 0.25) is 0 Å². The summed E-state index contributed by atoms with van der Waals surface area (Å²) < 4.78 is 0. The zero-order chi connectivity index (χ0) is 13.4. The fourth-order valence-electron chi connectivity index (χ4n) is 1.42. The average Bonchev–Trinajstić information content (AvgIpc) is 2.73. The minimum atomic E-state index is -0.131. The van der Waals surface area contributed by atoms with Gasteiger partial charge in [0, 0.05) is 35.6 Å². The number of rotatable bonds is 7. The zero-order valence-corrected chi connectivity index (χ0v) is 12.2. The second-order valence-electron chi connectivity index (χ2n) is 3.79. The van der Waals surface area contributed by atoms with Crippen LogP contribution < -0.4 is 5.32 Å². The Bertz CT molecular complexity index is 399. The van der Waals surface area contributed by atoms with Crippen LogP contribution in [-0.4, -0.2) is 40.7 Å². The summed E-state index contributed by atoms with van der Waals surface area (Å²) in [6, 6.07) is 0.0188. The van der Waals surface area contributed by atoms with Crippen LogP contribution in [0, 0.1) is 6.92 Å². The van der Waals surface area contributed by atoms with Gasteiger partial charge in [-0.25, -0.2) is 4.98 Å². The zero-order valence-electron chi connectivity index (χ0n) is 10.5. The summed E-state index contributed by atoms with van der Waals surface area (Å²) in [6.07, 6.45) is 7.58. The predicted molar refractivity (Wildman–Crippen MR) is 77.9 cm³/mol. The highest BCUT2D eigenvalue weighted by molar-refractivity contribution is 7.98. The Morgan fingerprint density at radius 3 is 3.06 bits per heavy atom. The van der Waals surface area contributed by atoms with E-state index in [1.165, 1.54) is 6.08 Å². The second-order valence-corrected chi connectivity index (χ2v) is 5.97. The van der Waals surface area contributed by atoms with Crippen molar-refractivity contribution in [3.05, 3.63) is 22.2 Å². The van der Waals surface area contributed by atoms with E-state index in [0.717, 1.165) is 15.6 Å². The Labute approximate surface area is 116 Å². The van der Waals surface area contributed by atoms with Gasteiger partial charge in [-0.15, -0.1) is 11.3 Å². The van der Waals surface area contributed by atoms with Crippen LogP contribution in [0.4, 0.5) is 0 Å². The van der Waals surface area contributed by atoms with Crippen LogP contribution in [-0.2, 0) is 4.79 Å². The third-order valence-corrected chi connectivity index (χ3v) is 3.84. The molecule has 100 valence electrons. The van der Waals surface area contributed by atoms with Gasteiger partial charge < -0.3 is 10.4 Å². The van der Waals surface area contributed by atoms with Crippen LogP contribution >= 0.6 is 23.1 Å². The van der Waals surface area contributed by atoms with Crippen molar-refractivity contribution in [2.24, 2.45) is 0 Å². The molecular weight excluding hydrogens is 268 g/mol. The lowest BCUT2D eigenvalue weighted by atomic mass is 10.2. The molecule has 6 heteroatoms. The second kappa shape index (κ2) is 8.29. The smallest absolute Gasteiger partial charge is 0.244 e. The molecule has 1 rings (SSSR count). The van der Waals surface area contributed by atoms with Crippen molar-refractivity contribution >= 4 is 35.1 Å². The Morgan fingerprint density at radius 1 is 1.72 bits per heavy atom. The molecule has 18 heavy (non-hydrogen) atoms. The summed E-state index contributed by atoms with van der Waals surface area (Å²) in [5.74, 6) is 0.674. The molecule has 1 aromatic rings. The SMILES string of the molecule is CSCC(CCO)NC(=O)/C=C/c1cnc(C)s1. The van der Waals surface area contributed by atoms with Gasteiger partial charge in [-0.05, 0) is 25.7 Å². The number of aryl methyl sites for hydroxylation is 1. The molecular formula is C12H18N2O2S2. The summed E-state index contributed by atoms with van der Waals surface area (Å²) >= 11 is 3.20. The predicted octanol–water partition coefficient (Wildman–Crippen LogP) is 1.69. The average molecular weight is 286 g/mol. The topological polar surface area (TPSA) is 62.2 Å². The van der Waals surface area contributed by atoms with Crippen LogP contribution in [0.15, 0.2) is 12.3 Å². The maximum Gasteiger partial charge on any atom is 0.244 e. The van der Waals surface area contributed by atoms with E-state index in [4.69, 9.17) is 5.11 Å². The normalized spacial score (nSPS) is 12.8.